The summed E-state index contributed by atoms with van der Waals surface area (Å²) in [5, 5.41) is 3.23. The monoisotopic (exact) mass is 422 g/mol. The van der Waals surface area contributed by atoms with Gasteiger partial charge >= 0.3 is 0 Å². The number of hydrogen-bond acceptors (Lipinski definition) is 5. The molecule has 3 rings (SSSR count). The van der Waals surface area contributed by atoms with E-state index in [1.165, 1.54) is 0 Å². The Morgan fingerprint density at radius 3 is 2.83 bits per heavy atom. The van der Waals surface area contributed by atoms with E-state index >= 15 is 0 Å². The zero-order valence-corrected chi connectivity index (χ0v) is 17.3. The number of hydrogen-bond donors (Lipinski definition) is 1. The average Bonchev–Trinajstić information content (AvgIpc) is 2.73. The summed E-state index contributed by atoms with van der Waals surface area (Å²) < 4.78 is 16.1. The Hall–Kier alpha value is -3.61. The lowest BCUT2D eigenvalue weighted by atomic mass is 10.00. The maximum absolute atomic E-state index is 12.6. The minimum atomic E-state index is -0.306. The molecule has 0 aromatic heterocycles. The summed E-state index contributed by atoms with van der Waals surface area (Å²) in [5.74, 6) is 6.24. The lowest BCUT2D eigenvalue weighted by molar-refractivity contribution is -0.114. The quantitative estimate of drug-likeness (QED) is 0.661. The summed E-state index contributed by atoms with van der Waals surface area (Å²) in [6.07, 6.45) is 8.32. The van der Waals surface area contributed by atoms with Crippen LogP contribution in [-0.4, -0.2) is 31.9 Å². The van der Waals surface area contributed by atoms with Gasteiger partial charge < -0.3 is 19.5 Å². The van der Waals surface area contributed by atoms with Crippen LogP contribution in [0.3, 0.4) is 0 Å². The van der Waals surface area contributed by atoms with Gasteiger partial charge in [0.2, 0.25) is 0 Å². The second kappa shape index (κ2) is 9.73. The van der Waals surface area contributed by atoms with E-state index in [2.05, 4.69) is 28.3 Å². The Morgan fingerprint density at radius 2 is 2.10 bits per heavy atom. The molecule has 1 amide bonds. The number of amides is 1. The van der Waals surface area contributed by atoms with Crippen molar-refractivity contribution in [1.82, 2.24) is 5.32 Å². The van der Waals surface area contributed by atoms with Crippen LogP contribution in [0.4, 0.5) is 5.69 Å². The third kappa shape index (κ3) is 4.51. The summed E-state index contributed by atoms with van der Waals surface area (Å²) in [7, 11) is 1.56. The Bertz CT molecular complexity index is 1110. The van der Waals surface area contributed by atoms with Gasteiger partial charge in [-0.15, -0.1) is 6.42 Å². The number of methoxy groups -OCH3 is 1. The molecule has 6 nitrogen and oxygen atoms in total. The molecule has 1 aliphatic rings. The molecule has 0 radical (unpaired) electrons. The third-order valence-electron chi connectivity index (χ3n) is 4.27. The molecule has 0 spiro atoms. The van der Waals surface area contributed by atoms with Crippen LogP contribution < -0.4 is 19.5 Å². The fourth-order valence-corrected chi connectivity index (χ4v) is 3.06. The van der Waals surface area contributed by atoms with E-state index in [4.69, 9.17) is 32.2 Å². The molecule has 1 aliphatic heterocycles. The Morgan fingerprint density at radius 1 is 1.27 bits per heavy atom. The number of nitrogens with zero attached hydrogens (tertiary/aromatic N) is 1. The Labute approximate surface area is 180 Å². The van der Waals surface area contributed by atoms with Crippen LogP contribution in [0.25, 0.3) is 0 Å². The molecule has 0 atom stereocenters. The van der Waals surface area contributed by atoms with Crippen molar-refractivity contribution in [2.24, 2.45) is 4.99 Å². The molecule has 0 bridgehead atoms. The van der Waals surface area contributed by atoms with Crippen molar-refractivity contribution in [2.75, 3.05) is 20.3 Å². The molecular weight excluding hydrogens is 404 g/mol. The van der Waals surface area contributed by atoms with Gasteiger partial charge in [0.05, 0.1) is 23.4 Å². The van der Waals surface area contributed by atoms with Crippen LogP contribution in [0.15, 0.2) is 35.3 Å². The molecule has 30 heavy (non-hydrogen) atoms. The van der Waals surface area contributed by atoms with Gasteiger partial charge in [-0.25, -0.2) is 4.99 Å². The summed E-state index contributed by atoms with van der Waals surface area (Å²) in [6, 6.07) is 8.93. The van der Waals surface area contributed by atoms with Gasteiger partial charge in [-0.05, 0) is 36.2 Å². The van der Waals surface area contributed by atoms with Crippen molar-refractivity contribution in [2.45, 2.75) is 13.3 Å². The average molecular weight is 423 g/mol. The topological polar surface area (TPSA) is 69.2 Å². The smallest absolute Gasteiger partial charge is 0.270 e. The van der Waals surface area contributed by atoms with Crippen molar-refractivity contribution >= 4 is 28.9 Å². The number of benzene rings is 2. The number of aliphatic imine (C=N–C) groups is 1. The highest BCUT2D eigenvalue weighted by Gasteiger charge is 2.30. The van der Waals surface area contributed by atoms with Crippen LogP contribution in [0, 0.1) is 24.4 Å². The van der Waals surface area contributed by atoms with Crippen LogP contribution in [0.2, 0.25) is 5.02 Å². The lowest BCUT2D eigenvalue weighted by Crippen LogP contribution is -2.35. The fraction of sp³-hybridized carbons (Fsp3) is 0.217. The summed E-state index contributed by atoms with van der Waals surface area (Å²) >= 11 is 6.19. The van der Waals surface area contributed by atoms with E-state index in [0.29, 0.717) is 46.5 Å². The minimum Gasteiger partial charge on any atom is -0.493 e. The molecule has 0 unspecified atom stereocenters. The number of fused-ring (bicyclic) bond motifs is 1. The maximum Gasteiger partial charge on any atom is 0.270 e. The molecule has 1 heterocycles. The molecule has 7 heteroatoms. The first-order chi connectivity index (χ1) is 14.6. The van der Waals surface area contributed by atoms with Gasteiger partial charge in [0, 0.05) is 13.5 Å². The van der Waals surface area contributed by atoms with Gasteiger partial charge in [-0.3, -0.25) is 4.79 Å². The molecule has 1 N–H and O–H groups in total. The normalized spacial score (nSPS) is 10.9. The Balaban J connectivity index is 1.62. The van der Waals surface area contributed by atoms with Gasteiger partial charge in [-0.2, -0.15) is 0 Å². The molecule has 2 aromatic carbocycles. The SMILES string of the molecule is C#CCOc1ccc(CCNC(=O)C2=Nc3ccc(Cl)c(OC#CC)c32)cc1OC. The van der Waals surface area contributed by atoms with Gasteiger partial charge in [0.15, 0.2) is 17.2 Å². The van der Waals surface area contributed by atoms with Crippen molar-refractivity contribution < 1.29 is 19.0 Å². The summed E-state index contributed by atoms with van der Waals surface area (Å²) in [6.45, 7) is 2.22. The minimum absolute atomic E-state index is 0.162. The first-order valence-corrected chi connectivity index (χ1v) is 9.48. The second-order valence-corrected chi connectivity index (χ2v) is 6.58. The summed E-state index contributed by atoms with van der Waals surface area (Å²) in [5.41, 5.74) is 2.46. The molecule has 0 aliphatic carbocycles. The van der Waals surface area contributed by atoms with Crippen LogP contribution in [0.5, 0.6) is 17.2 Å². The fourth-order valence-electron chi connectivity index (χ4n) is 2.87. The number of terminal acetylenes is 1. The van der Waals surface area contributed by atoms with Crippen molar-refractivity contribution in [3.05, 3.63) is 46.5 Å². The molecular formula is C23H19ClN2O4. The third-order valence-corrected chi connectivity index (χ3v) is 4.56. The number of carbonyl (C=O) groups excluding carboxylic acids is 1. The number of carbonyl (C=O) groups is 1. The first kappa shape index (κ1) is 21.1. The zero-order valence-electron chi connectivity index (χ0n) is 16.5. The number of halogens is 1. The maximum atomic E-state index is 12.6. The number of ether oxygens (including phenoxy) is 3. The van der Waals surface area contributed by atoms with Crippen molar-refractivity contribution in [3.8, 4) is 41.6 Å². The van der Waals surface area contributed by atoms with E-state index in [1.807, 2.05) is 12.1 Å². The number of rotatable bonds is 8. The first-order valence-electron chi connectivity index (χ1n) is 9.10. The highest BCUT2D eigenvalue weighted by atomic mass is 35.5. The lowest BCUT2D eigenvalue weighted by Gasteiger charge is -2.20. The molecule has 0 saturated carbocycles. The van der Waals surface area contributed by atoms with Gasteiger partial charge in [-0.1, -0.05) is 29.5 Å². The van der Waals surface area contributed by atoms with E-state index < -0.39 is 0 Å². The Kier molecular flexibility index (Phi) is 6.85. The van der Waals surface area contributed by atoms with Gasteiger partial charge in [0.25, 0.3) is 5.91 Å². The van der Waals surface area contributed by atoms with Crippen molar-refractivity contribution in [3.63, 3.8) is 0 Å². The van der Waals surface area contributed by atoms with Crippen LogP contribution in [0.1, 0.15) is 18.1 Å². The van der Waals surface area contributed by atoms with E-state index in [-0.39, 0.29) is 18.2 Å². The number of nitrogens with one attached hydrogen (secondary N) is 1. The standard InChI is InChI=1S/C23H19ClN2O4/c1-4-12-29-18-9-6-15(14-19(18)28-3)10-11-25-23(27)21-20-17(26-21)8-7-16(24)22(20)30-13-5-2/h1,6-9,14H,10-12H2,2-3H3,(H,25,27). The van der Waals surface area contributed by atoms with E-state index in [1.54, 1.807) is 32.2 Å². The molecule has 0 saturated heterocycles. The highest BCUT2D eigenvalue weighted by molar-refractivity contribution is 6.51. The largest absolute Gasteiger partial charge is 0.493 e. The predicted molar refractivity (Wildman–Crippen MR) is 116 cm³/mol. The second-order valence-electron chi connectivity index (χ2n) is 6.17. The van der Waals surface area contributed by atoms with E-state index in [9.17, 15) is 4.79 Å². The molecule has 152 valence electrons. The highest BCUT2D eigenvalue weighted by Crippen LogP contribution is 2.41. The molecule has 2 aromatic rings. The van der Waals surface area contributed by atoms with Gasteiger partial charge in [0.1, 0.15) is 18.4 Å². The predicted octanol–water partition coefficient (Wildman–Crippen LogP) is 3.51. The van der Waals surface area contributed by atoms with Crippen molar-refractivity contribution in [1.29, 1.82) is 0 Å². The zero-order chi connectivity index (χ0) is 21.5. The van der Waals surface area contributed by atoms with Crippen LogP contribution in [-0.2, 0) is 11.2 Å². The van der Waals surface area contributed by atoms with Crippen LogP contribution >= 0.6 is 11.6 Å². The molecule has 0 fully saturated rings. The van der Waals surface area contributed by atoms with E-state index in [0.717, 1.165) is 5.56 Å². The summed E-state index contributed by atoms with van der Waals surface area (Å²) in [4.78, 5) is 16.8.